The number of amides is 2. The third kappa shape index (κ3) is 4.10. The Morgan fingerprint density at radius 2 is 1.77 bits per heavy atom. The Hall–Kier alpha value is -3.26. The standard InChI is InChI=1S/C27H31N5O3/c1-30-23-15-19(17-2-3-17)14-22(18-8-10-28-11-9-18)25(23)29-26(30)27(35)31-12-13-32(24(34)16-31)20-4-6-21(33)7-5-20/h8-11,14-15,17,20-21,33H,2-7,12-13,16H2,1H3. The normalized spacial score (nSPS) is 23.2. The Bertz CT molecular complexity index is 1270. The van der Waals surface area contributed by atoms with Crippen molar-refractivity contribution in [3.63, 3.8) is 0 Å². The fourth-order valence-corrected chi connectivity index (χ4v) is 5.66. The maximum Gasteiger partial charge on any atom is 0.290 e. The number of aromatic nitrogens is 3. The Morgan fingerprint density at radius 1 is 1.03 bits per heavy atom. The Balaban J connectivity index is 1.29. The molecule has 1 aliphatic heterocycles. The molecule has 2 aliphatic carbocycles. The predicted molar refractivity (Wildman–Crippen MR) is 132 cm³/mol. The molecule has 3 fully saturated rings. The van der Waals surface area contributed by atoms with Crippen LogP contribution in [-0.4, -0.2) is 73.0 Å². The van der Waals surface area contributed by atoms with Gasteiger partial charge in [0.15, 0.2) is 5.82 Å². The third-order valence-corrected chi connectivity index (χ3v) is 7.89. The molecular formula is C27H31N5O3. The number of benzene rings is 1. The van der Waals surface area contributed by atoms with Gasteiger partial charge in [0.25, 0.3) is 5.91 Å². The molecule has 182 valence electrons. The van der Waals surface area contributed by atoms with Crippen LogP contribution in [0.2, 0.25) is 0 Å². The van der Waals surface area contributed by atoms with Crippen molar-refractivity contribution in [3.05, 3.63) is 48.0 Å². The first kappa shape index (κ1) is 22.2. The number of aliphatic hydroxyl groups is 1. The number of imidazole rings is 1. The van der Waals surface area contributed by atoms with Gasteiger partial charge in [-0.05, 0) is 79.8 Å². The van der Waals surface area contributed by atoms with Gasteiger partial charge in [-0.15, -0.1) is 0 Å². The molecule has 8 heteroatoms. The SMILES string of the molecule is Cn1c(C(=O)N2CCN(C3CCC(O)CC3)C(=O)C2)nc2c(-c3ccncc3)cc(C3CC3)cc21. The van der Waals surface area contributed by atoms with Gasteiger partial charge in [-0.3, -0.25) is 14.6 Å². The molecule has 0 atom stereocenters. The number of hydrogen-bond donors (Lipinski definition) is 1. The first-order chi connectivity index (χ1) is 17.0. The third-order valence-electron chi connectivity index (χ3n) is 7.89. The number of hydrogen-bond acceptors (Lipinski definition) is 5. The first-order valence-electron chi connectivity index (χ1n) is 12.7. The highest BCUT2D eigenvalue weighted by Gasteiger charge is 2.35. The van der Waals surface area contributed by atoms with Gasteiger partial charge in [0.05, 0.1) is 17.1 Å². The van der Waals surface area contributed by atoms with E-state index >= 15 is 0 Å². The van der Waals surface area contributed by atoms with Gasteiger partial charge in [-0.2, -0.15) is 0 Å². The van der Waals surface area contributed by atoms with E-state index in [0.29, 0.717) is 24.8 Å². The van der Waals surface area contributed by atoms with Crippen LogP contribution in [0.5, 0.6) is 0 Å². The van der Waals surface area contributed by atoms with Crippen molar-refractivity contribution in [3.8, 4) is 11.1 Å². The molecule has 2 saturated carbocycles. The van der Waals surface area contributed by atoms with E-state index in [0.717, 1.165) is 47.8 Å². The Kier molecular flexibility index (Phi) is 5.56. The van der Waals surface area contributed by atoms with Crippen molar-refractivity contribution < 1.29 is 14.7 Å². The first-order valence-corrected chi connectivity index (χ1v) is 12.7. The van der Waals surface area contributed by atoms with Gasteiger partial charge in [0.1, 0.15) is 6.54 Å². The molecular weight excluding hydrogens is 442 g/mol. The Labute approximate surface area is 204 Å². The van der Waals surface area contributed by atoms with E-state index in [1.165, 1.54) is 18.4 Å². The molecule has 0 unspecified atom stereocenters. The summed E-state index contributed by atoms with van der Waals surface area (Å²) in [6.45, 7) is 1.10. The fourth-order valence-electron chi connectivity index (χ4n) is 5.66. The molecule has 3 aromatic rings. The summed E-state index contributed by atoms with van der Waals surface area (Å²) in [5.74, 6) is 0.716. The molecule has 8 nitrogen and oxygen atoms in total. The number of pyridine rings is 1. The van der Waals surface area contributed by atoms with Crippen molar-refractivity contribution in [1.82, 2.24) is 24.3 Å². The summed E-state index contributed by atoms with van der Waals surface area (Å²) in [5, 5.41) is 9.79. The van der Waals surface area contributed by atoms with Gasteiger partial charge >= 0.3 is 0 Å². The second-order valence-electron chi connectivity index (χ2n) is 10.2. The maximum atomic E-state index is 13.6. The highest BCUT2D eigenvalue weighted by molar-refractivity contribution is 6.01. The van der Waals surface area contributed by atoms with E-state index in [2.05, 4.69) is 17.1 Å². The van der Waals surface area contributed by atoms with E-state index in [1.54, 1.807) is 17.3 Å². The summed E-state index contributed by atoms with van der Waals surface area (Å²) in [6.07, 6.45) is 8.81. The number of carbonyl (C=O) groups is 2. The minimum Gasteiger partial charge on any atom is -0.393 e. The van der Waals surface area contributed by atoms with E-state index in [1.807, 2.05) is 28.6 Å². The molecule has 1 N–H and O–H groups in total. The van der Waals surface area contributed by atoms with Gasteiger partial charge in [-0.25, -0.2) is 4.98 Å². The molecule has 0 bridgehead atoms. The molecule has 1 saturated heterocycles. The lowest BCUT2D eigenvalue weighted by molar-refractivity contribution is -0.138. The number of piperazine rings is 1. The van der Waals surface area contributed by atoms with Crippen LogP contribution in [0.3, 0.4) is 0 Å². The number of carbonyl (C=O) groups excluding carboxylic acids is 2. The highest BCUT2D eigenvalue weighted by Crippen LogP contribution is 2.43. The van der Waals surface area contributed by atoms with Crippen LogP contribution in [-0.2, 0) is 11.8 Å². The maximum absolute atomic E-state index is 13.6. The van der Waals surface area contributed by atoms with Crippen LogP contribution in [0.25, 0.3) is 22.2 Å². The van der Waals surface area contributed by atoms with Crippen molar-refractivity contribution in [2.24, 2.45) is 7.05 Å². The smallest absolute Gasteiger partial charge is 0.290 e. The van der Waals surface area contributed by atoms with Gasteiger partial charge in [-0.1, -0.05) is 0 Å². The predicted octanol–water partition coefficient (Wildman–Crippen LogP) is 3.10. The van der Waals surface area contributed by atoms with E-state index < -0.39 is 0 Å². The van der Waals surface area contributed by atoms with E-state index in [4.69, 9.17) is 4.98 Å². The molecule has 2 aromatic heterocycles. The summed E-state index contributed by atoms with van der Waals surface area (Å²) in [4.78, 5) is 39.1. The summed E-state index contributed by atoms with van der Waals surface area (Å²) >= 11 is 0. The fraction of sp³-hybridized carbons (Fsp3) is 0.481. The van der Waals surface area contributed by atoms with Crippen molar-refractivity contribution in [2.45, 2.75) is 56.6 Å². The van der Waals surface area contributed by atoms with Crippen molar-refractivity contribution in [1.29, 1.82) is 0 Å². The lowest BCUT2D eigenvalue weighted by Crippen LogP contribution is -2.56. The zero-order valence-corrected chi connectivity index (χ0v) is 20.1. The molecule has 3 heterocycles. The zero-order chi connectivity index (χ0) is 24.1. The van der Waals surface area contributed by atoms with E-state index in [9.17, 15) is 14.7 Å². The lowest BCUT2D eigenvalue weighted by atomic mass is 9.91. The minimum absolute atomic E-state index is 0.0155. The number of aryl methyl sites for hydroxylation is 1. The molecule has 3 aliphatic rings. The molecule has 2 amide bonds. The number of fused-ring (bicyclic) bond motifs is 1. The van der Waals surface area contributed by atoms with Gasteiger partial charge in [0, 0.05) is 44.1 Å². The lowest BCUT2D eigenvalue weighted by Gasteiger charge is -2.41. The van der Waals surface area contributed by atoms with Gasteiger partial charge in [0.2, 0.25) is 5.91 Å². The molecule has 6 rings (SSSR count). The van der Waals surface area contributed by atoms with E-state index in [-0.39, 0.29) is 30.5 Å². The number of aliphatic hydroxyl groups excluding tert-OH is 1. The summed E-state index contributed by atoms with van der Waals surface area (Å²) in [6, 6.07) is 8.50. The van der Waals surface area contributed by atoms with Crippen molar-refractivity contribution >= 4 is 22.8 Å². The van der Waals surface area contributed by atoms with Crippen LogP contribution < -0.4 is 0 Å². The highest BCUT2D eigenvalue weighted by atomic mass is 16.3. The van der Waals surface area contributed by atoms with Crippen LogP contribution in [0, 0.1) is 0 Å². The summed E-state index contributed by atoms with van der Waals surface area (Å²) in [5.41, 5.74) is 5.08. The monoisotopic (exact) mass is 473 g/mol. The van der Waals surface area contributed by atoms with Crippen LogP contribution in [0.4, 0.5) is 0 Å². The summed E-state index contributed by atoms with van der Waals surface area (Å²) in [7, 11) is 1.89. The molecule has 0 radical (unpaired) electrons. The van der Waals surface area contributed by atoms with Crippen molar-refractivity contribution in [2.75, 3.05) is 19.6 Å². The molecule has 1 aromatic carbocycles. The average Bonchev–Trinajstić information content (AvgIpc) is 3.68. The van der Waals surface area contributed by atoms with Crippen LogP contribution in [0.1, 0.15) is 60.6 Å². The Morgan fingerprint density at radius 3 is 2.46 bits per heavy atom. The largest absolute Gasteiger partial charge is 0.393 e. The quantitative estimate of drug-likeness (QED) is 0.629. The second-order valence-corrected chi connectivity index (χ2v) is 10.2. The molecule has 35 heavy (non-hydrogen) atoms. The summed E-state index contributed by atoms with van der Waals surface area (Å²) < 4.78 is 1.88. The molecule has 0 spiro atoms. The minimum atomic E-state index is -0.251. The number of rotatable bonds is 4. The van der Waals surface area contributed by atoms with Gasteiger partial charge < -0.3 is 19.5 Å². The second kappa shape index (κ2) is 8.75. The van der Waals surface area contributed by atoms with Crippen LogP contribution in [0.15, 0.2) is 36.7 Å². The van der Waals surface area contributed by atoms with Crippen LogP contribution >= 0.6 is 0 Å². The topological polar surface area (TPSA) is 91.6 Å². The number of nitrogens with zero attached hydrogens (tertiary/aromatic N) is 5. The zero-order valence-electron chi connectivity index (χ0n) is 20.1. The average molecular weight is 474 g/mol.